The Kier molecular flexibility index (Phi) is 1.38. The van der Waals surface area contributed by atoms with Gasteiger partial charge in [-0.3, -0.25) is 0 Å². The van der Waals surface area contributed by atoms with Gasteiger partial charge in [0.25, 0.3) is 0 Å². The van der Waals surface area contributed by atoms with E-state index in [2.05, 4.69) is 30.7 Å². The minimum Gasteiger partial charge on any atom is -0.327 e. The molecule has 2 heteroatoms. The standard InChI is InChI=1S/C9H13NS/c1-9(2)7(8(9)10)6-3-4-11-5-6/h3-5,7-8H,10H2,1-2H3/t7-,8-/m0/s1. The first-order valence-corrected chi connectivity index (χ1v) is 4.86. The van der Waals surface area contributed by atoms with Crippen molar-refractivity contribution in [2.45, 2.75) is 25.8 Å². The van der Waals surface area contributed by atoms with Crippen LogP contribution in [0, 0.1) is 5.41 Å². The Morgan fingerprint density at radius 3 is 2.55 bits per heavy atom. The molecule has 1 saturated carbocycles. The second kappa shape index (κ2) is 2.08. The molecule has 1 fully saturated rings. The van der Waals surface area contributed by atoms with Gasteiger partial charge in [0.2, 0.25) is 0 Å². The Bertz CT molecular complexity index is 251. The summed E-state index contributed by atoms with van der Waals surface area (Å²) in [5.41, 5.74) is 7.70. The maximum atomic E-state index is 5.94. The van der Waals surface area contributed by atoms with Crippen molar-refractivity contribution in [1.82, 2.24) is 0 Å². The molecule has 0 unspecified atom stereocenters. The van der Waals surface area contributed by atoms with Gasteiger partial charge in [0.05, 0.1) is 0 Å². The first-order valence-electron chi connectivity index (χ1n) is 3.91. The van der Waals surface area contributed by atoms with Gasteiger partial charge >= 0.3 is 0 Å². The van der Waals surface area contributed by atoms with Crippen LogP contribution in [0.2, 0.25) is 0 Å². The third kappa shape index (κ3) is 0.932. The molecular formula is C9H13NS. The van der Waals surface area contributed by atoms with Crippen molar-refractivity contribution in [2.75, 3.05) is 0 Å². The highest BCUT2D eigenvalue weighted by molar-refractivity contribution is 7.08. The summed E-state index contributed by atoms with van der Waals surface area (Å²) in [4.78, 5) is 0. The van der Waals surface area contributed by atoms with Gasteiger partial charge in [-0.1, -0.05) is 13.8 Å². The van der Waals surface area contributed by atoms with Gasteiger partial charge in [-0.15, -0.1) is 0 Å². The normalized spacial score (nSPS) is 33.7. The molecule has 1 aliphatic rings. The van der Waals surface area contributed by atoms with Crippen molar-refractivity contribution in [3.8, 4) is 0 Å². The van der Waals surface area contributed by atoms with Crippen LogP contribution in [0.5, 0.6) is 0 Å². The lowest BCUT2D eigenvalue weighted by molar-refractivity contribution is 0.599. The Morgan fingerprint density at radius 1 is 1.55 bits per heavy atom. The molecule has 2 N–H and O–H groups in total. The van der Waals surface area contributed by atoms with Crippen LogP contribution in [0.3, 0.4) is 0 Å². The summed E-state index contributed by atoms with van der Waals surface area (Å²) in [6.07, 6.45) is 0. The van der Waals surface area contributed by atoms with E-state index in [1.54, 1.807) is 11.3 Å². The summed E-state index contributed by atoms with van der Waals surface area (Å²) in [6, 6.07) is 2.56. The fourth-order valence-electron chi connectivity index (χ4n) is 1.77. The van der Waals surface area contributed by atoms with Crippen LogP contribution in [0.4, 0.5) is 0 Å². The van der Waals surface area contributed by atoms with Gasteiger partial charge in [0, 0.05) is 12.0 Å². The molecule has 1 aromatic heterocycles. The van der Waals surface area contributed by atoms with Gasteiger partial charge in [0.15, 0.2) is 0 Å². The molecule has 0 aromatic carbocycles. The first kappa shape index (κ1) is 7.32. The first-order chi connectivity index (χ1) is 5.14. The fourth-order valence-corrected chi connectivity index (χ4v) is 2.46. The second-order valence-electron chi connectivity index (χ2n) is 3.88. The Labute approximate surface area is 71.2 Å². The summed E-state index contributed by atoms with van der Waals surface area (Å²) in [6.45, 7) is 4.47. The molecule has 1 aliphatic carbocycles. The molecule has 0 radical (unpaired) electrons. The predicted molar refractivity (Wildman–Crippen MR) is 48.8 cm³/mol. The quantitative estimate of drug-likeness (QED) is 0.681. The van der Waals surface area contributed by atoms with E-state index in [9.17, 15) is 0 Å². The van der Waals surface area contributed by atoms with Crippen molar-refractivity contribution in [3.63, 3.8) is 0 Å². The predicted octanol–water partition coefficient (Wildman–Crippen LogP) is 2.20. The lowest BCUT2D eigenvalue weighted by Crippen LogP contribution is -2.06. The van der Waals surface area contributed by atoms with Gasteiger partial charge in [0.1, 0.15) is 0 Å². The summed E-state index contributed by atoms with van der Waals surface area (Å²) in [7, 11) is 0. The van der Waals surface area contributed by atoms with Crippen LogP contribution in [-0.4, -0.2) is 6.04 Å². The van der Waals surface area contributed by atoms with Gasteiger partial charge in [-0.25, -0.2) is 0 Å². The Morgan fingerprint density at radius 2 is 2.18 bits per heavy atom. The van der Waals surface area contributed by atoms with Crippen molar-refractivity contribution in [1.29, 1.82) is 0 Å². The smallest absolute Gasteiger partial charge is 0.0172 e. The van der Waals surface area contributed by atoms with E-state index >= 15 is 0 Å². The minimum atomic E-state index is 0.334. The number of nitrogens with two attached hydrogens (primary N) is 1. The van der Waals surface area contributed by atoms with Crippen molar-refractivity contribution in [2.24, 2.45) is 11.1 Å². The van der Waals surface area contributed by atoms with E-state index in [1.807, 2.05) is 0 Å². The molecule has 60 valence electrons. The lowest BCUT2D eigenvalue weighted by Gasteiger charge is -1.97. The molecule has 0 spiro atoms. The fraction of sp³-hybridized carbons (Fsp3) is 0.556. The van der Waals surface area contributed by atoms with E-state index in [-0.39, 0.29) is 0 Å². The maximum Gasteiger partial charge on any atom is 0.0172 e. The molecule has 2 rings (SSSR count). The topological polar surface area (TPSA) is 26.0 Å². The number of hydrogen-bond acceptors (Lipinski definition) is 2. The van der Waals surface area contributed by atoms with Gasteiger partial charge < -0.3 is 5.73 Å². The summed E-state index contributed by atoms with van der Waals surface area (Å²) in [5.74, 6) is 0.605. The molecule has 1 nitrogen and oxygen atoms in total. The number of thiophene rings is 1. The minimum absolute atomic E-state index is 0.334. The van der Waals surface area contributed by atoms with E-state index in [1.165, 1.54) is 5.56 Å². The Balaban J connectivity index is 2.23. The maximum absolute atomic E-state index is 5.94. The Hall–Kier alpha value is -0.340. The second-order valence-corrected chi connectivity index (χ2v) is 4.66. The molecule has 0 aliphatic heterocycles. The van der Waals surface area contributed by atoms with E-state index < -0.39 is 0 Å². The molecule has 11 heavy (non-hydrogen) atoms. The van der Waals surface area contributed by atoms with Crippen LogP contribution in [0.15, 0.2) is 16.8 Å². The summed E-state index contributed by atoms with van der Waals surface area (Å²) in [5, 5.41) is 4.33. The molecule has 0 amide bonds. The highest BCUT2D eigenvalue weighted by atomic mass is 32.1. The third-order valence-electron chi connectivity index (χ3n) is 2.81. The summed E-state index contributed by atoms with van der Waals surface area (Å²) < 4.78 is 0. The number of hydrogen-bond donors (Lipinski definition) is 1. The van der Waals surface area contributed by atoms with Crippen molar-refractivity contribution < 1.29 is 0 Å². The summed E-state index contributed by atoms with van der Waals surface area (Å²) >= 11 is 1.76. The zero-order valence-corrected chi connectivity index (χ0v) is 7.69. The SMILES string of the molecule is CC1(C)[C@@H](N)[C@@H]1c1ccsc1. The molecule has 0 saturated heterocycles. The largest absolute Gasteiger partial charge is 0.327 e. The molecule has 2 atom stereocenters. The van der Waals surface area contributed by atoms with Crippen LogP contribution < -0.4 is 5.73 Å². The number of rotatable bonds is 1. The molecule has 1 aromatic rings. The average molecular weight is 167 g/mol. The van der Waals surface area contributed by atoms with Crippen LogP contribution in [0.1, 0.15) is 25.3 Å². The molecular weight excluding hydrogens is 154 g/mol. The van der Waals surface area contributed by atoms with E-state index in [4.69, 9.17) is 5.73 Å². The van der Waals surface area contributed by atoms with E-state index in [0.29, 0.717) is 17.4 Å². The average Bonchev–Trinajstić information content (AvgIpc) is 2.40. The van der Waals surface area contributed by atoms with Crippen LogP contribution in [-0.2, 0) is 0 Å². The van der Waals surface area contributed by atoms with Gasteiger partial charge in [-0.2, -0.15) is 11.3 Å². The molecule has 0 bridgehead atoms. The van der Waals surface area contributed by atoms with Crippen LogP contribution >= 0.6 is 11.3 Å². The van der Waals surface area contributed by atoms with Crippen molar-refractivity contribution in [3.05, 3.63) is 22.4 Å². The van der Waals surface area contributed by atoms with E-state index in [0.717, 1.165) is 0 Å². The van der Waals surface area contributed by atoms with Crippen molar-refractivity contribution >= 4 is 11.3 Å². The highest BCUT2D eigenvalue weighted by Crippen LogP contribution is 2.57. The third-order valence-corrected chi connectivity index (χ3v) is 3.51. The zero-order valence-electron chi connectivity index (χ0n) is 6.87. The highest BCUT2D eigenvalue weighted by Gasteiger charge is 2.56. The zero-order chi connectivity index (χ0) is 8.06. The molecule has 1 heterocycles. The monoisotopic (exact) mass is 167 g/mol. The lowest BCUT2D eigenvalue weighted by atomic mass is 10.1. The van der Waals surface area contributed by atoms with Gasteiger partial charge in [-0.05, 0) is 27.8 Å². The van der Waals surface area contributed by atoms with Crippen LogP contribution in [0.25, 0.3) is 0 Å².